The molecule has 216 valence electrons. The van der Waals surface area contributed by atoms with E-state index in [9.17, 15) is 0 Å². The van der Waals surface area contributed by atoms with Gasteiger partial charge in [-0.25, -0.2) is 0 Å². The fraction of sp³-hybridized carbons (Fsp3) is 0.438. The van der Waals surface area contributed by atoms with Crippen molar-refractivity contribution in [2.45, 2.75) is 19.3 Å². The van der Waals surface area contributed by atoms with Gasteiger partial charge in [0.25, 0.3) is 0 Å². The highest BCUT2D eigenvalue weighted by atomic mass is 16.5. The van der Waals surface area contributed by atoms with E-state index in [0.29, 0.717) is 47.9 Å². The van der Waals surface area contributed by atoms with Crippen LogP contribution in [0.1, 0.15) is 16.7 Å². The quantitative estimate of drug-likeness (QED) is 0.263. The summed E-state index contributed by atoms with van der Waals surface area (Å²) >= 11 is 0. The van der Waals surface area contributed by atoms with Crippen molar-refractivity contribution >= 4 is 0 Å². The van der Waals surface area contributed by atoms with E-state index in [4.69, 9.17) is 37.9 Å². The molecule has 1 heterocycles. The van der Waals surface area contributed by atoms with Crippen LogP contribution in [0.25, 0.3) is 0 Å². The first-order valence-corrected chi connectivity index (χ1v) is 13.4. The zero-order valence-corrected chi connectivity index (χ0v) is 24.3. The number of hydrogen-bond acceptors (Lipinski definition) is 8. The van der Waals surface area contributed by atoms with Crippen LogP contribution in [0.15, 0.2) is 48.5 Å². The van der Waals surface area contributed by atoms with Crippen LogP contribution in [-0.4, -0.2) is 62.5 Å². The van der Waals surface area contributed by atoms with E-state index in [2.05, 4.69) is 24.3 Å². The molecule has 1 aliphatic rings. The van der Waals surface area contributed by atoms with Crippen LogP contribution >= 0.6 is 0 Å². The number of hydrogen-bond donors (Lipinski definition) is 0. The lowest BCUT2D eigenvalue weighted by atomic mass is 9.85. The Kier molecular flexibility index (Phi) is 10.2. The van der Waals surface area contributed by atoms with Gasteiger partial charge in [-0.15, -0.1) is 0 Å². The molecule has 2 atom stereocenters. The third-order valence-corrected chi connectivity index (χ3v) is 7.38. The van der Waals surface area contributed by atoms with Crippen molar-refractivity contribution in [3.63, 3.8) is 0 Å². The Hall–Kier alpha value is -3.78. The summed E-state index contributed by atoms with van der Waals surface area (Å²) in [6, 6.07) is 16.2. The van der Waals surface area contributed by atoms with Crippen molar-refractivity contribution in [3.05, 3.63) is 65.2 Å². The third-order valence-electron chi connectivity index (χ3n) is 7.38. The van der Waals surface area contributed by atoms with Gasteiger partial charge in [-0.1, -0.05) is 12.1 Å². The normalized spacial score (nSPS) is 16.4. The van der Waals surface area contributed by atoms with Gasteiger partial charge in [0, 0.05) is 6.42 Å². The van der Waals surface area contributed by atoms with Crippen molar-refractivity contribution in [1.82, 2.24) is 0 Å². The summed E-state index contributed by atoms with van der Waals surface area (Å²) in [5.41, 5.74) is 3.43. The van der Waals surface area contributed by atoms with Gasteiger partial charge in [-0.05, 0) is 77.8 Å². The second-order valence-corrected chi connectivity index (χ2v) is 9.77. The van der Waals surface area contributed by atoms with E-state index in [1.807, 2.05) is 24.3 Å². The van der Waals surface area contributed by atoms with Gasteiger partial charge < -0.3 is 37.9 Å². The largest absolute Gasteiger partial charge is 0.493 e. The highest BCUT2D eigenvalue weighted by Crippen LogP contribution is 2.39. The molecule has 1 aliphatic heterocycles. The number of rotatable bonds is 14. The molecule has 8 nitrogen and oxygen atoms in total. The monoisotopic (exact) mass is 552 g/mol. The predicted octanol–water partition coefficient (Wildman–Crippen LogP) is 5.41. The van der Waals surface area contributed by atoms with Crippen LogP contribution in [0.3, 0.4) is 0 Å². The van der Waals surface area contributed by atoms with E-state index >= 15 is 0 Å². The van der Waals surface area contributed by atoms with Crippen LogP contribution in [-0.2, 0) is 24.0 Å². The molecule has 1 fully saturated rings. The SMILES string of the molecule is COc1ccc(C[C@H]2COC[C@@H]2Cc2ccc(OCCc3cc(OC)c(OC)c(OC)c3)c(OC)c2)cc1OC. The molecule has 0 saturated carbocycles. The predicted molar refractivity (Wildman–Crippen MR) is 153 cm³/mol. The first kappa shape index (κ1) is 29.2. The van der Waals surface area contributed by atoms with Gasteiger partial charge in [0.05, 0.1) is 62.5 Å². The molecular weight excluding hydrogens is 512 g/mol. The molecule has 0 spiro atoms. The van der Waals surface area contributed by atoms with Crippen molar-refractivity contribution in [3.8, 4) is 40.2 Å². The smallest absolute Gasteiger partial charge is 0.203 e. The van der Waals surface area contributed by atoms with Gasteiger partial charge in [-0.3, -0.25) is 0 Å². The summed E-state index contributed by atoms with van der Waals surface area (Å²) in [4.78, 5) is 0. The minimum Gasteiger partial charge on any atom is -0.493 e. The van der Waals surface area contributed by atoms with Crippen LogP contribution in [0, 0.1) is 11.8 Å². The van der Waals surface area contributed by atoms with Crippen LogP contribution < -0.4 is 33.2 Å². The van der Waals surface area contributed by atoms with Crippen LogP contribution in [0.4, 0.5) is 0 Å². The van der Waals surface area contributed by atoms with E-state index < -0.39 is 0 Å². The Bertz CT molecular complexity index is 1230. The van der Waals surface area contributed by atoms with Crippen molar-refractivity contribution in [1.29, 1.82) is 0 Å². The Labute approximate surface area is 237 Å². The second-order valence-electron chi connectivity index (χ2n) is 9.77. The van der Waals surface area contributed by atoms with Crippen molar-refractivity contribution in [2.75, 3.05) is 62.5 Å². The molecule has 4 rings (SSSR count). The Morgan fingerprint density at radius 2 is 1.02 bits per heavy atom. The maximum absolute atomic E-state index is 6.12. The molecule has 8 heteroatoms. The average molecular weight is 553 g/mol. The zero-order valence-electron chi connectivity index (χ0n) is 24.3. The highest BCUT2D eigenvalue weighted by Gasteiger charge is 2.29. The fourth-order valence-corrected chi connectivity index (χ4v) is 5.22. The Morgan fingerprint density at radius 1 is 0.550 bits per heavy atom. The van der Waals surface area contributed by atoms with Gasteiger partial charge >= 0.3 is 0 Å². The lowest BCUT2D eigenvalue weighted by molar-refractivity contribution is 0.180. The van der Waals surface area contributed by atoms with Gasteiger partial charge in [-0.2, -0.15) is 0 Å². The molecule has 0 amide bonds. The van der Waals surface area contributed by atoms with Crippen molar-refractivity contribution < 1.29 is 37.9 Å². The molecule has 0 N–H and O–H groups in total. The Balaban J connectivity index is 1.38. The first-order chi connectivity index (χ1) is 19.5. The molecular formula is C32H40O8. The maximum Gasteiger partial charge on any atom is 0.203 e. The maximum atomic E-state index is 6.12. The molecule has 1 saturated heterocycles. The summed E-state index contributed by atoms with van der Waals surface area (Å²) in [6.07, 6.45) is 2.49. The molecule has 0 unspecified atom stereocenters. The molecule has 0 bridgehead atoms. The summed E-state index contributed by atoms with van der Waals surface area (Å²) < 4.78 is 44.9. The number of ether oxygens (including phenoxy) is 8. The Morgan fingerprint density at radius 3 is 1.52 bits per heavy atom. The highest BCUT2D eigenvalue weighted by molar-refractivity contribution is 5.54. The van der Waals surface area contributed by atoms with Gasteiger partial charge in [0.2, 0.25) is 5.75 Å². The average Bonchev–Trinajstić information content (AvgIpc) is 3.42. The second kappa shape index (κ2) is 14.0. The summed E-state index contributed by atoms with van der Waals surface area (Å²) in [7, 11) is 9.80. The molecule has 3 aromatic rings. The lowest BCUT2D eigenvalue weighted by Crippen LogP contribution is -2.17. The van der Waals surface area contributed by atoms with Gasteiger partial charge in [0.15, 0.2) is 34.5 Å². The zero-order chi connectivity index (χ0) is 28.5. The summed E-state index contributed by atoms with van der Waals surface area (Å²) in [5, 5.41) is 0. The molecule has 3 aromatic carbocycles. The van der Waals surface area contributed by atoms with Crippen LogP contribution in [0.2, 0.25) is 0 Å². The molecule has 0 aliphatic carbocycles. The standard InChI is InChI=1S/C32H40O8/c1-33-26-9-7-21(15-28(26)34-2)13-24-19-39-20-25(24)14-22-8-10-27(29(16-22)35-3)40-12-11-23-17-30(36-4)32(38-6)31(18-23)37-5/h7-10,15-18,24-25H,11-14,19-20H2,1-6H3/t24-,25-/m0/s1. The lowest BCUT2D eigenvalue weighted by Gasteiger charge is -2.19. The fourth-order valence-electron chi connectivity index (χ4n) is 5.22. The molecule has 0 aromatic heterocycles. The van der Waals surface area contributed by atoms with Crippen molar-refractivity contribution in [2.24, 2.45) is 11.8 Å². The van der Waals surface area contributed by atoms with E-state index in [1.54, 1.807) is 42.7 Å². The molecule has 40 heavy (non-hydrogen) atoms. The van der Waals surface area contributed by atoms with Crippen LogP contribution in [0.5, 0.6) is 40.2 Å². The minimum absolute atomic E-state index is 0.407. The number of benzene rings is 3. The third kappa shape index (κ3) is 6.86. The van der Waals surface area contributed by atoms with Gasteiger partial charge in [0.1, 0.15) is 0 Å². The first-order valence-electron chi connectivity index (χ1n) is 13.4. The minimum atomic E-state index is 0.407. The van der Waals surface area contributed by atoms with E-state index in [0.717, 1.165) is 48.9 Å². The van der Waals surface area contributed by atoms with E-state index in [1.165, 1.54) is 11.1 Å². The summed E-state index contributed by atoms with van der Waals surface area (Å²) in [5.74, 6) is 5.57. The molecule has 0 radical (unpaired) electrons. The topological polar surface area (TPSA) is 73.8 Å². The van der Waals surface area contributed by atoms with E-state index in [-0.39, 0.29) is 0 Å². The number of methoxy groups -OCH3 is 6. The summed E-state index contributed by atoms with van der Waals surface area (Å²) in [6.45, 7) is 1.96.